The van der Waals surface area contributed by atoms with Gasteiger partial charge in [0.2, 0.25) is 5.95 Å². The number of halogens is 1. The maximum atomic E-state index is 13.0. The monoisotopic (exact) mass is 232 g/mol. The van der Waals surface area contributed by atoms with Gasteiger partial charge in [0.25, 0.3) is 0 Å². The molecule has 1 aromatic rings. The Bertz CT molecular complexity index is 444. The summed E-state index contributed by atoms with van der Waals surface area (Å²) in [6.07, 6.45) is 7.24. The molecule has 2 nitrogen and oxygen atoms in total. The predicted octanol–water partition coefficient (Wildman–Crippen LogP) is 3.23. The third kappa shape index (κ3) is 2.06. The van der Waals surface area contributed by atoms with Crippen LogP contribution in [0.5, 0.6) is 0 Å². The van der Waals surface area contributed by atoms with E-state index in [2.05, 4.69) is 29.4 Å². The number of fused-ring (bicyclic) bond motifs is 2. The molecule has 2 aliphatic carbocycles. The average molecular weight is 232 g/mol. The van der Waals surface area contributed by atoms with Gasteiger partial charge in [-0.3, -0.25) is 0 Å². The van der Waals surface area contributed by atoms with Gasteiger partial charge in [-0.25, -0.2) is 4.98 Å². The molecule has 3 rings (SSSR count). The zero-order chi connectivity index (χ0) is 11.8. The smallest absolute Gasteiger partial charge is 0.214 e. The standard InChI is InChI=1S/C14H17FN2/c1-9(12-8-10-5-6-11(12)7-10)16-14-4-2-3-13(15)17-14/h2-6,9-12H,7-8H2,1H3,(H,16,17). The molecule has 90 valence electrons. The van der Waals surface area contributed by atoms with E-state index in [4.69, 9.17) is 0 Å². The lowest BCUT2D eigenvalue weighted by molar-refractivity contribution is 0.399. The minimum absolute atomic E-state index is 0.351. The number of pyridine rings is 1. The van der Waals surface area contributed by atoms with E-state index in [0.29, 0.717) is 23.7 Å². The zero-order valence-corrected chi connectivity index (χ0v) is 9.94. The first-order valence-corrected chi connectivity index (χ1v) is 6.30. The van der Waals surface area contributed by atoms with E-state index < -0.39 is 5.95 Å². The van der Waals surface area contributed by atoms with Crippen LogP contribution in [0.25, 0.3) is 0 Å². The molecule has 0 aromatic carbocycles. The first kappa shape index (κ1) is 10.8. The van der Waals surface area contributed by atoms with Crippen molar-refractivity contribution in [1.29, 1.82) is 0 Å². The van der Waals surface area contributed by atoms with Crippen LogP contribution in [-0.2, 0) is 0 Å². The predicted molar refractivity (Wildman–Crippen MR) is 66.1 cm³/mol. The van der Waals surface area contributed by atoms with Crippen LogP contribution in [0.3, 0.4) is 0 Å². The largest absolute Gasteiger partial charge is 0.367 e. The number of hydrogen-bond donors (Lipinski definition) is 1. The van der Waals surface area contributed by atoms with E-state index >= 15 is 0 Å². The van der Waals surface area contributed by atoms with Gasteiger partial charge in [0.15, 0.2) is 0 Å². The summed E-state index contributed by atoms with van der Waals surface area (Å²) in [6, 6.07) is 5.24. The first-order chi connectivity index (χ1) is 8.22. The Morgan fingerprint density at radius 2 is 2.24 bits per heavy atom. The molecule has 1 fully saturated rings. The van der Waals surface area contributed by atoms with Gasteiger partial charge in [-0.2, -0.15) is 4.39 Å². The van der Waals surface area contributed by atoms with Crippen molar-refractivity contribution in [2.75, 3.05) is 5.32 Å². The molecule has 3 heteroatoms. The van der Waals surface area contributed by atoms with Gasteiger partial charge in [0.1, 0.15) is 5.82 Å². The number of allylic oxidation sites excluding steroid dienone is 2. The van der Waals surface area contributed by atoms with Crippen molar-refractivity contribution in [1.82, 2.24) is 4.98 Å². The summed E-state index contributed by atoms with van der Waals surface area (Å²) in [5.74, 6) is 2.36. The molecule has 0 amide bonds. The number of nitrogens with zero attached hydrogens (tertiary/aromatic N) is 1. The number of hydrogen-bond acceptors (Lipinski definition) is 2. The lowest BCUT2D eigenvalue weighted by Gasteiger charge is -2.26. The van der Waals surface area contributed by atoms with Crippen molar-refractivity contribution in [3.63, 3.8) is 0 Å². The molecular formula is C14H17FN2. The first-order valence-electron chi connectivity index (χ1n) is 6.30. The number of rotatable bonds is 3. The molecule has 0 aliphatic heterocycles. The molecule has 0 spiro atoms. The lowest BCUT2D eigenvalue weighted by Crippen LogP contribution is -2.29. The molecule has 4 atom stereocenters. The molecule has 1 N–H and O–H groups in total. The van der Waals surface area contributed by atoms with Crippen LogP contribution in [0.15, 0.2) is 30.4 Å². The highest BCUT2D eigenvalue weighted by molar-refractivity contribution is 5.35. The van der Waals surface area contributed by atoms with Crippen LogP contribution in [-0.4, -0.2) is 11.0 Å². The lowest BCUT2D eigenvalue weighted by atomic mass is 9.87. The molecular weight excluding hydrogens is 215 g/mol. The van der Waals surface area contributed by atoms with Crippen molar-refractivity contribution >= 4 is 5.82 Å². The van der Waals surface area contributed by atoms with Gasteiger partial charge >= 0.3 is 0 Å². The molecule has 1 heterocycles. The Labute approximate surface area is 101 Å². The number of aromatic nitrogens is 1. The van der Waals surface area contributed by atoms with Gasteiger partial charge in [0.05, 0.1) is 0 Å². The summed E-state index contributed by atoms with van der Waals surface area (Å²) >= 11 is 0. The highest BCUT2D eigenvalue weighted by Crippen LogP contribution is 2.45. The van der Waals surface area contributed by atoms with Crippen LogP contribution in [0.2, 0.25) is 0 Å². The Balaban J connectivity index is 1.67. The molecule has 0 radical (unpaired) electrons. The van der Waals surface area contributed by atoms with Crippen LogP contribution in [0.4, 0.5) is 10.2 Å². The molecule has 2 aliphatic rings. The van der Waals surface area contributed by atoms with Crippen LogP contribution in [0, 0.1) is 23.7 Å². The fraction of sp³-hybridized carbons (Fsp3) is 0.500. The minimum atomic E-state index is -0.421. The van der Waals surface area contributed by atoms with Gasteiger partial charge in [-0.05, 0) is 49.7 Å². The van der Waals surface area contributed by atoms with E-state index in [1.807, 2.05) is 6.07 Å². The van der Waals surface area contributed by atoms with Gasteiger partial charge in [-0.1, -0.05) is 18.2 Å². The minimum Gasteiger partial charge on any atom is -0.367 e. The summed E-state index contributed by atoms with van der Waals surface area (Å²) in [5, 5.41) is 3.32. The van der Waals surface area contributed by atoms with Crippen molar-refractivity contribution in [2.45, 2.75) is 25.8 Å². The second kappa shape index (κ2) is 4.13. The van der Waals surface area contributed by atoms with E-state index in [-0.39, 0.29) is 0 Å². The zero-order valence-electron chi connectivity index (χ0n) is 9.94. The second-order valence-corrected chi connectivity index (χ2v) is 5.22. The van der Waals surface area contributed by atoms with Gasteiger partial charge in [0, 0.05) is 6.04 Å². The topological polar surface area (TPSA) is 24.9 Å². The van der Waals surface area contributed by atoms with Crippen molar-refractivity contribution in [3.8, 4) is 0 Å². The summed E-state index contributed by atoms with van der Waals surface area (Å²) < 4.78 is 13.0. The molecule has 1 saturated carbocycles. The molecule has 2 bridgehead atoms. The van der Waals surface area contributed by atoms with Gasteiger partial charge < -0.3 is 5.32 Å². The Hall–Kier alpha value is -1.38. The highest BCUT2D eigenvalue weighted by atomic mass is 19.1. The Kier molecular flexibility index (Phi) is 2.61. The van der Waals surface area contributed by atoms with Crippen LogP contribution in [0.1, 0.15) is 19.8 Å². The third-order valence-corrected chi connectivity index (χ3v) is 4.06. The molecule has 4 unspecified atom stereocenters. The van der Waals surface area contributed by atoms with Crippen molar-refractivity contribution < 1.29 is 4.39 Å². The van der Waals surface area contributed by atoms with E-state index in [1.54, 1.807) is 6.07 Å². The second-order valence-electron chi connectivity index (χ2n) is 5.22. The third-order valence-electron chi connectivity index (χ3n) is 4.06. The summed E-state index contributed by atoms with van der Waals surface area (Å²) in [6.45, 7) is 2.17. The van der Waals surface area contributed by atoms with E-state index in [9.17, 15) is 4.39 Å². The summed E-state index contributed by atoms with van der Waals surface area (Å²) in [5.41, 5.74) is 0. The average Bonchev–Trinajstić information content (AvgIpc) is 2.90. The SMILES string of the molecule is CC(Nc1cccc(F)n1)C1CC2C=CC1C2. The maximum absolute atomic E-state index is 13.0. The van der Waals surface area contributed by atoms with Crippen molar-refractivity contribution in [3.05, 3.63) is 36.3 Å². The number of anilines is 1. The number of nitrogens with one attached hydrogen (secondary N) is 1. The van der Waals surface area contributed by atoms with E-state index in [1.165, 1.54) is 18.9 Å². The fourth-order valence-electron chi connectivity index (χ4n) is 3.23. The Morgan fingerprint density at radius 3 is 2.88 bits per heavy atom. The summed E-state index contributed by atoms with van der Waals surface area (Å²) in [7, 11) is 0. The Morgan fingerprint density at radius 1 is 1.35 bits per heavy atom. The quantitative estimate of drug-likeness (QED) is 0.639. The molecule has 0 saturated heterocycles. The van der Waals surface area contributed by atoms with Gasteiger partial charge in [-0.15, -0.1) is 0 Å². The van der Waals surface area contributed by atoms with E-state index in [0.717, 1.165) is 5.92 Å². The molecule has 17 heavy (non-hydrogen) atoms. The van der Waals surface area contributed by atoms with Crippen LogP contribution >= 0.6 is 0 Å². The molecule has 1 aromatic heterocycles. The normalized spacial score (nSPS) is 31.8. The highest BCUT2D eigenvalue weighted by Gasteiger charge is 2.38. The van der Waals surface area contributed by atoms with Crippen molar-refractivity contribution in [2.24, 2.45) is 17.8 Å². The summed E-state index contributed by atoms with van der Waals surface area (Å²) in [4.78, 5) is 3.85. The fourth-order valence-corrected chi connectivity index (χ4v) is 3.23. The maximum Gasteiger partial charge on any atom is 0.214 e. The van der Waals surface area contributed by atoms with Crippen LogP contribution < -0.4 is 5.32 Å².